The molecule has 2 aliphatic heterocycles. The molecular formula is C29H49N5O4. The van der Waals surface area contributed by atoms with E-state index in [9.17, 15) is 4.79 Å². The smallest absolute Gasteiger partial charge is 0.410 e. The maximum atomic E-state index is 12.4. The molecule has 0 bridgehead atoms. The maximum Gasteiger partial charge on any atom is 0.410 e. The van der Waals surface area contributed by atoms with Crippen LogP contribution in [0.25, 0.3) is 0 Å². The quantitative estimate of drug-likeness (QED) is 0.472. The van der Waals surface area contributed by atoms with Crippen LogP contribution in [-0.2, 0) is 14.2 Å². The lowest BCUT2D eigenvalue weighted by atomic mass is 9.61. The number of likely N-dealkylation sites (tertiary alicyclic amines) is 1. The van der Waals surface area contributed by atoms with Crippen LogP contribution in [0.4, 0.5) is 10.6 Å². The third-order valence-electron chi connectivity index (χ3n) is 9.41. The van der Waals surface area contributed by atoms with Gasteiger partial charge in [-0.25, -0.2) is 4.79 Å². The molecule has 1 unspecified atom stereocenters. The van der Waals surface area contributed by atoms with E-state index in [2.05, 4.69) is 27.5 Å². The Labute approximate surface area is 228 Å². The Kier molecular flexibility index (Phi) is 7.74. The van der Waals surface area contributed by atoms with Gasteiger partial charge in [-0.2, -0.15) is 5.10 Å². The zero-order valence-electron chi connectivity index (χ0n) is 24.5. The fourth-order valence-electron chi connectivity index (χ4n) is 7.35. The number of aromatic nitrogens is 2. The summed E-state index contributed by atoms with van der Waals surface area (Å²) < 4.78 is 18.7. The number of nitrogens with zero attached hydrogens (tertiary/aromatic N) is 5. The van der Waals surface area contributed by atoms with Crippen molar-refractivity contribution in [3.05, 3.63) is 11.8 Å². The number of piperidine rings is 1. The van der Waals surface area contributed by atoms with E-state index in [0.29, 0.717) is 12.1 Å². The van der Waals surface area contributed by atoms with Gasteiger partial charge in [-0.15, -0.1) is 0 Å². The molecule has 0 radical (unpaired) electrons. The van der Waals surface area contributed by atoms with Gasteiger partial charge in [0.05, 0.1) is 19.3 Å². The minimum absolute atomic E-state index is 0.179. The van der Waals surface area contributed by atoms with Crippen LogP contribution in [0.1, 0.15) is 77.5 Å². The molecule has 2 aliphatic carbocycles. The Bertz CT molecular complexity index is 962. The average Bonchev–Trinajstić information content (AvgIpc) is 3.15. The van der Waals surface area contributed by atoms with Crippen molar-refractivity contribution in [2.75, 3.05) is 65.1 Å². The lowest BCUT2D eigenvalue weighted by Gasteiger charge is -2.58. The van der Waals surface area contributed by atoms with Crippen LogP contribution < -0.4 is 4.90 Å². The van der Waals surface area contributed by atoms with Gasteiger partial charge in [0, 0.05) is 75.7 Å². The molecule has 4 aliphatic rings. The zero-order valence-corrected chi connectivity index (χ0v) is 24.5. The van der Waals surface area contributed by atoms with Crippen molar-refractivity contribution in [2.45, 2.75) is 95.9 Å². The number of hydrogen-bond donors (Lipinski definition) is 0. The van der Waals surface area contributed by atoms with Crippen molar-refractivity contribution in [1.82, 2.24) is 19.6 Å². The van der Waals surface area contributed by atoms with Gasteiger partial charge in [0.2, 0.25) is 0 Å². The number of ether oxygens (including phenoxy) is 3. The summed E-state index contributed by atoms with van der Waals surface area (Å²) in [5, 5.41) is 5.21. The van der Waals surface area contributed by atoms with Crippen LogP contribution >= 0.6 is 0 Å². The second-order valence-electron chi connectivity index (χ2n) is 13.4. The van der Waals surface area contributed by atoms with E-state index in [1.54, 1.807) is 14.2 Å². The highest BCUT2D eigenvalue weighted by Crippen LogP contribution is 2.55. The lowest BCUT2D eigenvalue weighted by molar-refractivity contribution is -0.0930. The summed E-state index contributed by atoms with van der Waals surface area (Å²) in [6.45, 7) is 14.1. The Hall–Kier alpha value is -1.84. The number of rotatable bonds is 9. The highest BCUT2D eigenvalue weighted by molar-refractivity contribution is 5.69. The molecular weight excluding hydrogens is 482 g/mol. The number of anilines is 1. The molecule has 3 heterocycles. The van der Waals surface area contributed by atoms with Crippen LogP contribution in [0.3, 0.4) is 0 Å². The molecule has 9 heteroatoms. The SMILES string of the molecule is COCCN(CCOC)C1CCN(c2cc(C)n(C3CC4(C3)CN(C(=O)OC(C)(C)C)C4)n2)C2(CCC2)C1. The molecule has 1 amide bonds. The third-order valence-corrected chi connectivity index (χ3v) is 9.41. The normalized spacial score (nSPS) is 24.4. The number of amides is 1. The number of aryl methyl sites for hydroxylation is 1. The standard InChI is InChI=1S/C29H49N5O4/c1-22-16-25(30-34(22)24-17-28(18-24)20-32(21-28)26(35)38-27(2,3)4)33-11-8-23(19-29(33)9-7-10-29)31(12-14-36-5)13-15-37-6/h16,23-24H,7-15,17-21H2,1-6H3. The molecule has 1 atom stereocenters. The highest BCUT2D eigenvalue weighted by atomic mass is 16.6. The van der Waals surface area contributed by atoms with Gasteiger partial charge < -0.3 is 24.0 Å². The van der Waals surface area contributed by atoms with Gasteiger partial charge in [-0.3, -0.25) is 9.58 Å². The predicted molar refractivity (Wildman–Crippen MR) is 148 cm³/mol. The fraction of sp³-hybridized carbons (Fsp3) is 0.862. The van der Waals surface area contributed by atoms with Crippen molar-refractivity contribution < 1.29 is 19.0 Å². The first-order valence-electron chi connectivity index (χ1n) is 14.6. The summed E-state index contributed by atoms with van der Waals surface area (Å²) in [6.07, 6.45) is 8.16. The lowest BCUT2D eigenvalue weighted by Crippen LogP contribution is -2.64. The molecule has 0 N–H and O–H groups in total. The summed E-state index contributed by atoms with van der Waals surface area (Å²) in [5.74, 6) is 1.16. The molecule has 9 nitrogen and oxygen atoms in total. The van der Waals surface area contributed by atoms with Crippen molar-refractivity contribution >= 4 is 11.9 Å². The van der Waals surface area contributed by atoms with Gasteiger partial charge in [0.15, 0.2) is 5.82 Å². The van der Waals surface area contributed by atoms with Gasteiger partial charge in [-0.1, -0.05) is 0 Å². The molecule has 1 aromatic heterocycles. The minimum Gasteiger partial charge on any atom is -0.444 e. The number of carbonyl (C=O) groups is 1. The highest BCUT2D eigenvalue weighted by Gasteiger charge is 2.56. The van der Waals surface area contributed by atoms with Crippen molar-refractivity contribution in [3.8, 4) is 0 Å². The van der Waals surface area contributed by atoms with E-state index < -0.39 is 5.60 Å². The molecule has 214 valence electrons. The fourth-order valence-corrected chi connectivity index (χ4v) is 7.35. The van der Waals surface area contributed by atoms with Crippen molar-refractivity contribution in [2.24, 2.45) is 5.41 Å². The molecule has 38 heavy (non-hydrogen) atoms. The first-order valence-corrected chi connectivity index (χ1v) is 14.6. The van der Waals surface area contributed by atoms with Crippen LogP contribution in [0.15, 0.2) is 6.07 Å². The molecule has 1 aromatic rings. The van der Waals surface area contributed by atoms with Crippen LogP contribution in [0.5, 0.6) is 0 Å². The van der Waals surface area contributed by atoms with Crippen LogP contribution in [0.2, 0.25) is 0 Å². The van der Waals surface area contributed by atoms with E-state index in [0.717, 1.165) is 71.0 Å². The monoisotopic (exact) mass is 531 g/mol. The van der Waals surface area contributed by atoms with Gasteiger partial charge >= 0.3 is 6.09 Å². The Morgan fingerprint density at radius 2 is 1.76 bits per heavy atom. The van der Waals surface area contributed by atoms with E-state index in [-0.39, 0.29) is 17.0 Å². The predicted octanol–water partition coefficient (Wildman–Crippen LogP) is 4.25. The van der Waals surface area contributed by atoms with Crippen LogP contribution in [-0.4, -0.2) is 103 Å². The van der Waals surface area contributed by atoms with Gasteiger partial charge in [0.25, 0.3) is 0 Å². The van der Waals surface area contributed by atoms with Gasteiger partial charge in [-0.05, 0) is 72.6 Å². The van der Waals surface area contributed by atoms with E-state index in [1.807, 2.05) is 25.7 Å². The first kappa shape index (κ1) is 27.7. The number of carbonyl (C=O) groups excluding carboxylic acids is 1. The molecule has 2 saturated heterocycles. The minimum atomic E-state index is -0.442. The first-order chi connectivity index (χ1) is 18.1. The van der Waals surface area contributed by atoms with Crippen LogP contribution in [0, 0.1) is 12.3 Å². The Morgan fingerprint density at radius 1 is 1.11 bits per heavy atom. The van der Waals surface area contributed by atoms with Crippen molar-refractivity contribution in [1.29, 1.82) is 0 Å². The Balaban J connectivity index is 1.20. The second kappa shape index (κ2) is 10.6. The summed E-state index contributed by atoms with van der Waals surface area (Å²) >= 11 is 0. The topological polar surface area (TPSA) is 72.3 Å². The average molecular weight is 532 g/mol. The van der Waals surface area contributed by atoms with E-state index in [4.69, 9.17) is 19.3 Å². The largest absolute Gasteiger partial charge is 0.444 e. The number of hydrogen-bond acceptors (Lipinski definition) is 7. The van der Waals surface area contributed by atoms with Gasteiger partial charge in [0.1, 0.15) is 5.60 Å². The molecule has 4 fully saturated rings. The zero-order chi connectivity index (χ0) is 27.1. The summed E-state index contributed by atoms with van der Waals surface area (Å²) in [7, 11) is 3.57. The maximum absolute atomic E-state index is 12.4. The van der Waals surface area contributed by atoms with E-state index >= 15 is 0 Å². The molecule has 2 spiro atoms. The summed E-state index contributed by atoms with van der Waals surface area (Å²) in [5.41, 5.74) is 1.29. The second-order valence-corrected chi connectivity index (χ2v) is 13.4. The Morgan fingerprint density at radius 3 is 2.32 bits per heavy atom. The molecule has 2 saturated carbocycles. The summed E-state index contributed by atoms with van der Waals surface area (Å²) in [6, 6.07) is 3.31. The third kappa shape index (κ3) is 5.43. The number of methoxy groups -OCH3 is 2. The molecule has 5 rings (SSSR count). The molecule has 0 aromatic carbocycles. The van der Waals surface area contributed by atoms with Crippen molar-refractivity contribution in [3.63, 3.8) is 0 Å². The van der Waals surface area contributed by atoms with E-state index in [1.165, 1.54) is 31.4 Å². The summed E-state index contributed by atoms with van der Waals surface area (Å²) in [4.78, 5) is 19.5.